The molecule has 0 aromatic carbocycles. The van der Waals surface area contributed by atoms with Crippen LogP contribution in [0, 0.1) is 0 Å². The van der Waals surface area contributed by atoms with E-state index in [2.05, 4.69) is 9.97 Å². The number of methoxy groups -OCH3 is 1. The number of anilines is 1. The number of aromatic nitrogens is 3. The lowest BCUT2D eigenvalue weighted by molar-refractivity contribution is -0.0504. The smallest absolute Gasteiger partial charge is 0.413 e. The first-order valence-electron chi connectivity index (χ1n) is 10.00. The van der Waals surface area contributed by atoms with Gasteiger partial charge in [0.05, 0.1) is 30.9 Å². The van der Waals surface area contributed by atoms with E-state index >= 15 is 0 Å². The number of hydrogen-bond donors (Lipinski definition) is 0. The zero-order valence-corrected chi connectivity index (χ0v) is 18.2. The first-order valence-corrected chi connectivity index (χ1v) is 10.00. The van der Waals surface area contributed by atoms with Crippen LogP contribution in [0.25, 0.3) is 16.7 Å². The van der Waals surface area contributed by atoms with Gasteiger partial charge in [-0.3, -0.25) is 19.2 Å². The van der Waals surface area contributed by atoms with E-state index in [-0.39, 0.29) is 12.8 Å². The van der Waals surface area contributed by atoms with Crippen LogP contribution in [-0.4, -0.2) is 72.0 Å². The van der Waals surface area contributed by atoms with Gasteiger partial charge in [0.2, 0.25) is 0 Å². The quantitative estimate of drug-likeness (QED) is 0.571. The molecular formula is C22H25F2N5O3. The van der Waals surface area contributed by atoms with Gasteiger partial charge in [-0.2, -0.15) is 0 Å². The molecule has 0 spiro atoms. The number of piperidine rings is 1. The highest BCUT2D eigenvalue weighted by molar-refractivity contribution is 5.88. The zero-order chi connectivity index (χ0) is 23.3. The van der Waals surface area contributed by atoms with Crippen LogP contribution < -0.4 is 4.90 Å². The lowest BCUT2D eigenvalue weighted by atomic mass is 10.1. The maximum absolute atomic E-state index is 12.4. The molecule has 0 atom stereocenters. The summed E-state index contributed by atoms with van der Waals surface area (Å²) < 4.78 is 31.2. The average molecular weight is 445 g/mol. The summed E-state index contributed by atoms with van der Waals surface area (Å²) in [5.41, 5.74) is 2.57. The molecule has 0 N–H and O–H groups in total. The fraction of sp³-hybridized carbons (Fsp3) is 0.364. The van der Waals surface area contributed by atoms with E-state index in [1.807, 2.05) is 28.8 Å². The summed E-state index contributed by atoms with van der Waals surface area (Å²) in [5, 5.41) is 0.848. The van der Waals surface area contributed by atoms with Gasteiger partial charge >= 0.3 is 6.09 Å². The van der Waals surface area contributed by atoms with Crippen molar-refractivity contribution in [2.45, 2.75) is 18.8 Å². The molecule has 1 aliphatic rings. The third-order valence-corrected chi connectivity index (χ3v) is 5.23. The highest BCUT2D eigenvalue weighted by atomic mass is 19.3. The van der Waals surface area contributed by atoms with E-state index < -0.39 is 12.0 Å². The Kier molecular flexibility index (Phi) is 7.14. The molecular weight excluding hydrogens is 420 g/mol. The molecule has 4 rings (SSSR count). The van der Waals surface area contributed by atoms with Crippen LogP contribution in [-0.2, 0) is 4.74 Å². The van der Waals surface area contributed by atoms with Crippen LogP contribution in [0.5, 0.6) is 0 Å². The number of carbonyl (C=O) groups excluding carboxylic acids is 2. The number of carbonyl (C=O) groups is 2. The third-order valence-electron chi connectivity index (χ3n) is 5.23. The molecule has 1 aliphatic heterocycles. The van der Waals surface area contributed by atoms with Crippen molar-refractivity contribution in [1.82, 2.24) is 19.4 Å². The predicted molar refractivity (Wildman–Crippen MR) is 117 cm³/mol. The van der Waals surface area contributed by atoms with Gasteiger partial charge in [-0.15, -0.1) is 0 Å². The van der Waals surface area contributed by atoms with E-state index in [1.165, 1.54) is 18.2 Å². The fourth-order valence-corrected chi connectivity index (χ4v) is 3.23. The van der Waals surface area contributed by atoms with Crippen molar-refractivity contribution in [3.8, 4) is 5.69 Å². The number of likely N-dealkylation sites (tertiary alicyclic amines) is 1. The molecule has 170 valence electrons. The van der Waals surface area contributed by atoms with Gasteiger partial charge in [0.1, 0.15) is 5.65 Å². The molecule has 8 nitrogen and oxygen atoms in total. The van der Waals surface area contributed by atoms with Crippen molar-refractivity contribution < 1.29 is 23.1 Å². The SMILES string of the molecule is CN1CCC(F)(F)CC1.COC(=O)N(C)c1cncc(-n2ccc3cc(C=O)cnc32)c1. The number of alkyl halides is 2. The topological polar surface area (TPSA) is 80.6 Å². The summed E-state index contributed by atoms with van der Waals surface area (Å²) in [6, 6.07) is 5.44. The van der Waals surface area contributed by atoms with Gasteiger partial charge in [0.25, 0.3) is 5.92 Å². The predicted octanol–water partition coefficient (Wildman–Crippen LogP) is 3.78. The number of hydrogen-bond acceptors (Lipinski definition) is 6. The largest absolute Gasteiger partial charge is 0.452 e. The third kappa shape index (κ3) is 5.44. The van der Waals surface area contributed by atoms with Crippen LogP contribution >= 0.6 is 0 Å². The second-order valence-corrected chi connectivity index (χ2v) is 7.57. The molecule has 0 unspecified atom stereocenters. The van der Waals surface area contributed by atoms with Gasteiger partial charge in [0.15, 0.2) is 6.29 Å². The van der Waals surface area contributed by atoms with E-state index in [0.29, 0.717) is 30.0 Å². The molecule has 10 heteroatoms. The Labute approximate surface area is 184 Å². The summed E-state index contributed by atoms with van der Waals surface area (Å²) in [6.07, 6.45) is 6.95. The number of halogens is 2. The first kappa shape index (κ1) is 23.3. The van der Waals surface area contributed by atoms with Gasteiger partial charge in [-0.05, 0) is 25.2 Å². The monoisotopic (exact) mass is 445 g/mol. The van der Waals surface area contributed by atoms with Crippen LogP contribution in [0.3, 0.4) is 0 Å². The number of aldehydes is 1. The lowest BCUT2D eigenvalue weighted by Gasteiger charge is -2.28. The lowest BCUT2D eigenvalue weighted by Crippen LogP contribution is -2.36. The Morgan fingerprint density at radius 3 is 2.56 bits per heavy atom. The number of rotatable bonds is 3. The van der Waals surface area contributed by atoms with Crippen molar-refractivity contribution in [1.29, 1.82) is 0 Å². The van der Waals surface area contributed by atoms with Crippen molar-refractivity contribution in [2.75, 3.05) is 39.2 Å². The second-order valence-electron chi connectivity index (χ2n) is 7.57. The molecule has 4 heterocycles. The Morgan fingerprint density at radius 2 is 1.94 bits per heavy atom. The normalized spacial score (nSPS) is 15.5. The summed E-state index contributed by atoms with van der Waals surface area (Å²) in [5.74, 6) is -2.38. The minimum atomic E-state index is -2.38. The Balaban J connectivity index is 0.000000269. The van der Waals surface area contributed by atoms with Crippen LogP contribution in [0.4, 0.5) is 19.3 Å². The Morgan fingerprint density at radius 1 is 1.22 bits per heavy atom. The minimum Gasteiger partial charge on any atom is -0.452 e. The van der Waals surface area contributed by atoms with Crippen molar-refractivity contribution in [3.63, 3.8) is 0 Å². The van der Waals surface area contributed by atoms with Gasteiger partial charge < -0.3 is 9.64 Å². The van der Waals surface area contributed by atoms with E-state index in [9.17, 15) is 18.4 Å². The average Bonchev–Trinajstić information content (AvgIpc) is 3.23. The van der Waals surface area contributed by atoms with Crippen molar-refractivity contribution in [3.05, 3.63) is 48.5 Å². The number of fused-ring (bicyclic) bond motifs is 1. The van der Waals surface area contributed by atoms with Gasteiger partial charge in [-0.1, -0.05) is 0 Å². The standard InChI is InChI=1S/C16H14N4O3.C6H11F2N/c1-19(16(22)23-2)13-6-14(9-17-8-13)20-4-3-12-5-11(10-21)7-18-15(12)20;1-9-4-2-6(7,8)3-5-9/h3-10H,1-2H3;2-5H2,1H3. The Bertz CT molecular complexity index is 1090. The molecule has 0 saturated carbocycles. The highest BCUT2D eigenvalue weighted by Gasteiger charge is 2.32. The van der Waals surface area contributed by atoms with Crippen LogP contribution in [0.15, 0.2) is 43.0 Å². The number of amides is 1. The van der Waals surface area contributed by atoms with E-state index in [4.69, 9.17) is 4.74 Å². The zero-order valence-electron chi connectivity index (χ0n) is 18.2. The molecule has 0 aliphatic carbocycles. The molecule has 1 fully saturated rings. The second kappa shape index (κ2) is 9.82. The van der Waals surface area contributed by atoms with Crippen molar-refractivity contribution >= 4 is 29.1 Å². The maximum Gasteiger partial charge on any atom is 0.413 e. The molecule has 32 heavy (non-hydrogen) atoms. The van der Waals surface area contributed by atoms with Crippen molar-refractivity contribution in [2.24, 2.45) is 0 Å². The molecule has 3 aromatic heterocycles. The molecule has 0 bridgehead atoms. The first-order chi connectivity index (χ1) is 15.2. The highest BCUT2D eigenvalue weighted by Crippen LogP contribution is 2.26. The summed E-state index contributed by atoms with van der Waals surface area (Å²) >= 11 is 0. The molecule has 1 amide bonds. The molecule has 0 radical (unpaired) electrons. The summed E-state index contributed by atoms with van der Waals surface area (Å²) in [7, 11) is 4.80. The number of pyridine rings is 2. The summed E-state index contributed by atoms with van der Waals surface area (Å²) in [6.45, 7) is 1.07. The van der Waals surface area contributed by atoms with Gasteiger partial charge in [0, 0.05) is 56.3 Å². The van der Waals surface area contributed by atoms with Crippen LogP contribution in [0.2, 0.25) is 0 Å². The number of nitrogens with zero attached hydrogens (tertiary/aromatic N) is 5. The molecule has 1 saturated heterocycles. The number of ether oxygens (including phenoxy) is 1. The van der Waals surface area contributed by atoms with Gasteiger partial charge in [-0.25, -0.2) is 18.6 Å². The van der Waals surface area contributed by atoms with E-state index in [1.54, 1.807) is 31.6 Å². The molecule has 3 aromatic rings. The summed E-state index contributed by atoms with van der Waals surface area (Å²) in [4.78, 5) is 34.2. The van der Waals surface area contributed by atoms with E-state index in [0.717, 1.165) is 17.4 Å². The maximum atomic E-state index is 12.4. The Hall–Kier alpha value is -3.40. The minimum absolute atomic E-state index is 0.0312. The van der Waals surface area contributed by atoms with Crippen LogP contribution in [0.1, 0.15) is 23.2 Å². The fourth-order valence-electron chi connectivity index (χ4n) is 3.23.